The minimum absolute atomic E-state index is 0.133. The molecular weight excluding hydrogens is 266 g/mol. The summed E-state index contributed by atoms with van der Waals surface area (Å²) in [5, 5.41) is 0.169. The van der Waals surface area contributed by atoms with Gasteiger partial charge < -0.3 is 5.73 Å². The van der Waals surface area contributed by atoms with Gasteiger partial charge in [-0.15, -0.1) is 11.6 Å². The highest BCUT2D eigenvalue weighted by Crippen LogP contribution is 2.15. The lowest BCUT2D eigenvalue weighted by Crippen LogP contribution is -2.26. The Morgan fingerprint density at radius 2 is 1.05 bits per heavy atom. The van der Waals surface area contributed by atoms with Crippen molar-refractivity contribution in [2.24, 2.45) is 5.73 Å². The number of alkyl halides is 1. The quantitative estimate of drug-likeness (QED) is 0.274. The van der Waals surface area contributed by atoms with Crippen LogP contribution in [-0.2, 0) is 0 Å². The first kappa shape index (κ1) is 20.2. The Bertz CT molecular complexity index is 182. The molecule has 0 aromatic rings. The molecule has 0 aromatic heterocycles. The van der Waals surface area contributed by atoms with Crippen LogP contribution >= 0.6 is 11.6 Å². The normalized spacial score (nSPS) is 14.4. The van der Waals surface area contributed by atoms with Gasteiger partial charge in [-0.05, 0) is 13.3 Å². The van der Waals surface area contributed by atoms with Gasteiger partial charge in [-0.3, -0.25) is 0 Å². The predicted octanol–water partition coefficient (Wildman–Crippen LogP) is 6.42. The fraction of sp³-hybridized carbons (Fsp3) is 1.00. The van der Waals surface area contributed by atoms with Crippen LogP contribution in [0, 0.1) is 0 Å². The molecule has 0 saturated heterocycles. The average molecular weight is 304 g/mol. The van der Waals surface area contributed by atoms with Crippen LogP contribution < -0.4 is 5.73 Å². The minimum Gasteiger partial charge on any atom is -0.327 e. The molecule has 20 heavy (non-hydrogen) atoms. The maximum absolute atomic E-state index is 6.13. The van der Waals surface area contributed by atoms with Gasteiger partial charge in [0.05, 0.1) is 0 Å². The van der Waals surface area contributed by atoms with E-state index in [4.69, 9.17) is 17.3 Å². The molecule has 1 nitrogen and oxygen atoms in total. The zero-order valence-electron chi connectivity index (χ0n) is 14.0. The van der Waals surface area contributed by atoms with Gasteiger partial charge in [-0.25, -0.2) is 0 Å². The Kier molecular flexibility index (Phi) is 15.8. The molecule has 122 valence electrons. The number of unbranched alkanes of at least 4 members (excludes halogenated alkanes) is 12. The molecule has 2 N–H and O–H groups in total. The van der Waals surface area contributed by atoms with E-state index in [9.17, 15) is 0 Å². The molecule has 0 aromatic carbocycles. The summed E-state index contributed by atoms with van der Waals surface area (Å²) < 4.78 is 0. The summed E-state index contributed by atoms with van der Waals surface area (Å²) in [4.78, 5) is 0. The third kappa shape index (κ3) is 14.7. The summed E-state index contributed by atoms with van der Waals surface area (Å²) in [5.74, 6) is 0. The first-order chi connectivity index (χ1) is 9.68. The Balaban J connectivity index is 3.03. The van der Waals surface area contributed by atoms with Crippen molar-refractivity contribution in [2.75, 3.05) is 0 Å². The van der Waals surface area contributed by atoms with Gasteiger partial charge in [0, 0.05) is 11.4 Å². The first-order valence-corrected chi connectivity index (χ1v) is 9.51. The van der Waals surface area contributed by atoms with Gasteiger partial charge in [0.25, 0.3) is 0 Å². The van der Waals surface area contributed by atoms with Crippen LogP contribution in [-0.4, -0.2) is 11.4 Å². The van der Waals surface area contributed by atoms with Crippen LogP contribution in [0.5, 0.6) is 0 Å². The van der Waals surface area contributed by atoms with Crippen molar-refractivity contribution in [3.05, 3.63) is 0 Å². The topological polar surface area (TPSA) is 26.0 Å². The number of halogens is 1. The van der Waals surface area contributed by atoms with E-state index in [-0.39, 0.29) is 11.4 Å². The fourth-order valence-electron chi connectivity index (χ4n) is 2.62. The summed E-state index contributed by atoms with van der Waals surface area (Å²) in [5.41, 5.74) is 5.75. The number of hydrogen-bond acceptors (Lipinski definition) is 1. The third-order valence-electron chi connectivity index (χ3n) is 4.15. The van der Waals surface area contributed by atoms with Crippen molar-refractivity contribution in [1.29, 1.82) is 0 Å². The van der Waals surface area contributed by atoms with Gasteiger partial charge in [-0.1, -0.05) is 90.4 Å². The van der Waals surface area contributed by atoms with Gasteiger partial charge in [0.2, 0.25) is 0 Å². The number of nitrogens with two attached hydrogens (primary N) is 1. The Labute approximate surface area is 133 Å². The lowest BCUT2D eigenvalue weighted by molar-refractivity contribution is 0.525. The molecule has 0 fully saturated rings. The molecule has 0 amide bonds. The Morgan fingerprint density at radius 3 is 1.40 bits per heavy atom. The molecule has 0 saturated carbocycles. The van der Waals surface area contributed by atoms with Crippen LogP contribution in [0.25, 0.3) is 0 Å². The molecule has 0 aliphatic heterocycles. The lowest BCUT2D eigenvalue weighted by atomic mass is 10.0. The van der Waals surface area contributed by atoms with Crippen LogP contribution in [0.3, 0.4) is 0 Å². The Morgan fingerprint density at radius 1 is 0.700 bits per heavy atom. The van der Waals surface area contributed by atoms with Crippen molar-refractivity contribution in [2.45, 2.75) is 115 Å². The third-order valence-corrected chi connectivity index (χ3v) is 4.77. The zero-order chi connectivity index (χ0) is 15.1. The maximum atomic E-state index is 6.13. The highest BCUT2D eigenvalue weighted by atomic mass is 35.5. The van der Waals surface area contributed by atoms with E-state index in [1.807, 2.05) is 6.92 Å². The standard InChI is InChI=1S/C18H38ClN/c1-3-4-5-6-7-8-9-10-11-12-13-14-15-16-18(19)17(2)20/h17-18H,3-16,20H2,1-2H3/t17-,18+/m0/s1. The zero-order valence-corrected chi connectivity index (χ0v) is 14.8. The summed E-state index contributed by atoms with van der Waals surface area (Å²) in [6.45, 7) is 4.28. The molecule has 0 aliphatic carbocycles. The van der Waals surface area contributed by atoms with Crippen LogP contribution in [0.2, 0.25) is 0 Å². The van der Waals surface area contributed by atoms with Gasteiger partial charge in [0.1, 0.15) is 0 Å². The second-order valence-corrected chi connectivity index (χ2v) is 6.97. The van der Waals surface area contributed by atoms with E-state index in [1.54, 1.807) is 0 Å². The van der Waals surface area contributed by atoms with E-state index in [0.717, 1.165) is 6.42 Å². The van der Waals surface area contributed by atoms with Crippen molar-refractivity contribution in [3.8, 4) is 0 Å². The van der Waals surface area contributed by atoms with Crippen LogP contribution in [0.4, 0.5) is 0 Å². The highest BCUT2D eigenvalue weighted by Gasteiger charge is 2.08. The average Bonchev–Trinajstić information content (AvgIpc) is 2.43. The summed E-state index contributed by atoms with van der Waals surface area (Å²) in [6, 6.07) is 0.133. The molecule has 0 aliphatic rings. The SMILES string of the molecule is CCCCCCCCCCCCCCC[C@@H](Cl)[C@H](C)N. The van der Waals surface area contributed by atoms with E-state index in [0.29, 0.717) is 0 Å². The van der Waals surface area contributed by atoms with Crippen molar-refractivity contribution in [3.63, 3.8) is 0 Å². The molecule has 0 unspecified atom stereocenters. The highest BCUT2D eigenvalue weighted by molar-refractivity contribution is 6.21. The Hall–Kier alpha value is 0.250. The lowest BCUT2D eigenvalue weighted by Gasteiger charge is -2.12. The van der Waals surface area contributed by atoms with E-state index < -0.39 is 0 Å². The summed E-state index contributed by atoms with van der Waals surface area (Å²) in [6.07, 6.45) is 19.3. The van der Waals surface area contributed by atoms with Gasteiger partial charge >= 0.3 is 0 Å². The molecule has 0 bridgehead atoms. The van der Waals surface area contributed by atoms with Gasteiger partial charge in [-0.2, -0.15) is 0 Å². The molecule has 0 spiro atoms. The van der Waals surface area contributed by atoms with Crippen LogP contribution in [0.1, 0.15) is 104 Å². The van der Waals surface area contributed by atoms with Crippen molar-refractivity contribution < 1.29 is 0 Å². The predicted molar refractivity (Wildman–Crippen MR) is 93.6 cm³/mol. The molecular formula is C18H38ClN. The minimum atomic E-state index is 0.133. The fourth-order valence-corrected chi connectivity index (χ4v) is 2.77. The van der Waals surface area contributed by atoms with Gasteiger partial charge in [0.15, 0.2) is 0 Å². The smallest absolute Gasteiger partial charge is 0.0484 e. The van der Waals surface area contributed by atoms with E-state index >= 15 is 0 Å². The molecule has 2 atom stereocenters. The number of hydrogen-bond donors (Lipinski definition) is 1. The largest absolute Gasteiger partial charge is 0.327 e. The van der Waals surface area contributed by atoms with E-state index in [2.05, 4.69) is 6.92 Å². The second kappa shape index (κ2) is 15.6. The number of rotatable bonds is 15. The van der Waals surface area contributed by atoms with Crippen LogP contribution in [0.15, 0.2) is 0 Å². The second-order valence-electron chi connectivity index (χ2n) is 6.41. The van der Waals surface area contributed by atoms with Crippen molar-refractivity contribution >= 4 is 11.6 Å². The molecule has 2 heteroatoms. The van der Waals surface area contributed by atoms with E-state index in [1.165, 1.54) is 83.5 Å². The molecule has 0 heterocycles. The first-order valence-electron chi connectivity index (χ1n) is 9.08. The van der Waals surface area contributed by atoms with Crippen molar-refractivity contribution in [1.82, 2.24) is 0 Å². The molecule has 0 rings (SSSR count). The molecule has 0 radical (unpaired) electrons. The summed E-state index contributed by atoms with van der Waals surface area (Å²) >= 11 is 6.13. The summed E-state index contributed by atoms with van der Waals surface area (Å²) in [7, 11) is 0. The maximum Gasteiger partial charge on any atom is 0.0484 e. The monoisotopic (exact) mass is 303 g/mol.